The van der Waals surface area contributed by atoms with Gasteiger partial charge >= 0.3 is 12.0 Å². The Morgan fingerprint density at radius 3 is 2.59 bits per heavy atom. The lowest BCUT2D eigenvalue weighted by molar-refractivity contribution is -0.153. The van der Waals surface area contributed by atoms with Crippen LogP contribution in [0.25, 0.3) is 10.6 Å². The van der Waals surface area contributed by atoms with E-state index in [1.165, 1.54) is 18.1 Å². The number of imide groups is 2. The molecule has 2 saturated heterocycles. The third kappa shape index (κ3) is 3.94. The number of amides is 4. The lowest BCUT2D eigenvalue weighted by Crippen LogP contribution is -2.75. The highest BCUT2D eigenvalue weighted by Crippen LogP contribution is 2.49. The zero-order chi connectivity index (χ0) is 26.6. The van der Waals surface area contributed by atoms with Crippen LogP contribution in [0.1, 0.15) is 30.8 Å². The number of fused-ring (bicyclic) bond motifs is 4. The van der Waals surface area contributed by atoms with Crippen molar-refractivity contribution in [2.75, 3.05) is 18.6 Å². The lowest BCUT2D eigenvalue weighted by Gasteiger charge is -2.55. The van der Waals surface area contributed by atoms with E-state index in [0.29, 0.717) is 5.01 Å². The Morgan fingerprint density at radius 2 is 1.92 bits per heavy atom. The predicted octanol–water partition coefficient (Wildman–Crippen LogP) is 1.48. The summed E-state index contributed by atoms with van der Waals surface area (Å²) in [5.74, 6) is -4.41. The molecule has 1 aromatic heterocycles. The fourth-order valence-electron chi connectivity index (χ4n) is 5.47. The maximum absolute atomic E-state index is 15.8. The quantitative estimate of drug-likeness (QED) is 0.440. The molecule has 37 heavy (non-hydrogen) atoms. The van der Waals surface area contributed by atoms with Crippen LogP contribution in [0.5, 0.6) is 0 Å². The zero-order valence-corrected chi connectivity index (χ0v) is 20.9. The van der Waals surface area contributed by atoms with Gasteiger partial charge in [-0.25, -0.2) is 13.6 Å². The first-order valence-corrected chi connectivity index (χ1v) is 12.4. The number of esters is 1. The molecule has 2 aromatic rings. The number of halogens is 2. The number of urea groups is 1. The summed E-state index contributed by atoms with van der Waals surface area (Å²) in [5.41, 5.74) is -1.87. The smallest absolute Gasteiger partial charge is 0.328 e. The van der Waals surface area contributed by atoms with Crippen molar-refractivity contribution < 1.29 is 37.4 Å². The Kier molecular flexibility index (Phi) is 6.18. The van der Waals surface area contributed by atoms with Gasteiger partial charge in [0.2, 0.25) is 11.8 Å². The third-order valence-electron chi connectivity index (χ3n) is 6.93. The van der Waals surface area contributed by atoms with Gasteiger partial charge in [-0.05, 0) is 25.5 Å². The molecule has 1 aromatic carbocycles. The van der Waals surface area contributed by atoms with Crippen LogP contribution in [0.15, 0.2) is 6.07 Å². The minimum atomic E-state index is -1.82. The number of nitrogens with zero attached hydrogens (tertiary/aromatic N) is 3. The van der Waals surface area contributed by atoms with Crippen molar-refractivity contribution in [3.8, 4) is 10.6 Å². The number of carbonyl (C=O) groups is 4. The van der Waals surface area contributed by atoms with Crippen molar-refractivity contribution in [1.82, 2.24) is 20.8 Å². The molecule has 4 amide bonds. The minimum Gasteiger partial charge on any atom is -0.469 e. The number of anilines is 1. The number of ether oxygens (including phenoxy) is 2. The summed E-state index contributed by atoms with van der Waals surface area (Å²) in [5, 5.41) is 12.7. The second-order valence-electron chi connectivity index (χ2n) is 9.27. The fraction of sp³-hybridized carbons (Fsp3) is 0.478. The van der Waals surface area contributed by atoms with Gasteiger partial charge in [-0.2, -0.15) is 0 Å². The van der Waals surface area contributed by atoms with Crippen LogP contribution in [0.4, 0.5) is 19.3 Å². The van der Waals surface area contributed by atoms with Crippen molar-refractivity contribution in [3.05, 3.63) is 28.3 Å². The molecule has 3 aliphatic rings. The summed E-state index contributed by atoms with van der Waals surface area (Å²) in [7, 11) is 1.26. The first kappa shape index (κ1) is 25.1. The van der Waals surface area contributed by atoms with Gasteiger partial charge in [0.15, 0.2) is 22.1 Å². The van der Waals surface area contributed by atoms with Crippen LogP contribution in [0.2, 0.25) is 0 Å². The molecule has 11 nitrogen and oxygen atoms in total. The highest BCUT2D eigenvalue weighted by atomic mass is 32.1. The van der Waals surface area contributed by atoms with Gasteiger partial charge < -0.3 is 14.4 Å². The van der Waals surface area contributed by atoms with Crippen molar-refractivity contribution in [1.29, 1.82) is 0 Å². The molecule has 5 rings (SSSR count). The number of aromatic nitrogens is 2. The summed E-state index contributed by atoms with van der Waals surface area (Å²) in [6, 6.07) is -0.580. The zero-order valence-electron chi connectivity index (χ0n) is 20.1. The Labute approximate surface area is 213 Å². The Balaban J connectivity index is 1.62. The molecule has 0 radical (unpaired) electrons. The number of methoxy groups -OCH3 is 1. The Bertz CT molecular complexity index is 1310. The summed E-state index contributed by atoms with van der Waals surface area (Å²) in [6.07, 6.45) is -1.17. The van der Waals surface area contributed by atoms with Crippen molar-refractivity contribution in [2.45, 2.75) is 51.4 Å². The summed E-state index contributed by atoms with van der Waals surface area (Å²) in [4.78, 5) is 51.3. The molecule has 1 unspecified atom stereocenters. The van der Waals surface area contributed by atoms with Crippen LogP contribution >= 0.6 is 11.3 Å². The number of rotatable bonds is 4. The van der Waals surface area contributed by atoms with Gasteiger partial charge in [-0.15, -0.1) is 10.2 Å². The molecule has 2 N–H and O–H groups in total. The van der Waals surface area contributed by atoms with Gasteiger partial charge in [0.05, 0.1) is 43.0 Å². The molecule has 0 aliphatic carbocycles. The van der Waals surface area contributed by atoms with Gasteiger partial charge in [-0.1, -0.05) is 11.3 Å². The average Bonchev–Trinajstić information content (AvgIpc) is 3.31. The largest absolute Gasteiger partial charge is 0.469 e. The number of benzene rings is 1. The van der Waals surface area contributed by atoms with E-state index in [1.807, 2.05) is 0 Å². The molecule has 1 spiro atoms. The fourth-order valence-corrected chi connectivity index (χ4v) is 6.32. The first-order valence-electron chi connectivity index (χ1n) is 11.6. The second kappa shape index (κ2) is 9.10. The van der Waals surface area contributed by atoms with Gasteiger partial charge in [0, 0.05) is 19.4 Å². The molecular weight excluding hydrogens is 512 g/mol. The Morgan fingerprint density at radius 1 is 1.22 bits per heavy atom. The molecule has 3 aliphatic heterocycles. The average molecular weight is 536 g/mol. The standard InChI is InChI=1S/C23H23F2N5O6S/c1-9-8-30-17-11(7-23(18(30)10(2)36-9)20(32)26-22(34)27-21(23)33)6-12(15(24)16(17)25)19-29-28-13(37-19)4-5-14(31)35-3/h6,9-10,18H,4-5,7-8H2,1-3H3,(H2,26,27,32,33,34)/t9-,10+,18?/m0/s1. The number of nitrogens with one attached hydrogen (secondary N) is 2. The van der Waals surface area contributed by atoms with Crippen LogP contribution in [0.3, 0.4) is 0 Å². The monoisotopic (exact) mass is 535 g/mol. The number of barbiturate groups is 1. The van der Waals surface area contributed by atoms with Crippen molar-refractivity contribution in [3.63, 3.8) is 0 Å². The number of carbonyl (C=O) groups excluding carboxylic acids is 4. The molecule has 0 saturated carbocycles. The van der Waals surface area contributed by atoms with E-state index in [4.69, 9.17) is 4.74 Å². The van der Waals surface area contributed by atoms with Crippen LogP contribution in [-0.4, -0.2) is 65.9 Å². The lowest BCUT2D eigenvalue weighted by atomic mass is 9.66. The van der Waals surface area contributed by atoms with Gasteiger partial charge in [-0.3, -0.25) is 25.0 Å². The molecule has 0 bridgehead atoms. The maximum Gasteiger partial charge on any atom is 0.328 e. The number of hydrogen-bond acceptors (Lipinski definition) is 10. The number of hydrogen-bond donors (Lipinski definition) is 2. The molecule has 2 fully saturated rings. The predicted molar refractivity (Wildman–Crippen MR) is 125 cm³/mol. The first-order chi connectivity index (χ1) is 17.6. The molecule has 3 atom stereocenters. The van der Waals surface area contributed by atoms with E-state index in [0.717, 1.165) is 11.3 Å². The van der Waals surface area contributed by atoms with E-state index in [9.17, 15) is 19.2 Å². The normalized spacial score (nSPS) is 24.3. The minimum absolute atomic E-state index is 0.0480. The van der Waals surface area contributed by atoms with Crippen molar-refractivity contribution >= 4 is 40.8 Å². The second-order valence-corrected chi connectivity index (χ2v) is 10.3. The SMILES string of the molecule is COC(=O)CCc1nnc(-c2cc3c(c(F)c2F)N2C[C@H](C)O[C@H](C)C2C2(C3)C(=O)NC(=O)NC2=O)s1. The molecular formula is C23H23F2N5O6S. The van der Waals surface area contributed by atoms with Gasteiger partial charge in [0.25, 0.3) is 0 Å². The van der Waals surface area contributed by atoms with E-state index in [2.05, 4.69) is 25.6 Å². The molecule has 4 heterocycles. The van der Waals surface area contributed by atoms with E-state index >= 15 is 8.78 Å². The van der Waals surface area contributed by atoms with Crippen LogP contribution in [0, 0.1) is 17.0 Å². The Hall–Kier alpha value is -3.52. The summed E-state index contributed by atoms with van der Waals surface area (Å²) >= 11 is 0.991. The highest BCUT2D eigenvalue weighted by molar-refractivity contribution is 7.14. The molecule has 14 heteroatoms. The highest BCUT2D eigenvalue weighted by Gasteiger charge is 2.63. The third-order valence-corrected chi connectivity index (χ3v) is 7.95. The van der Waals surface area contributed by atoms with Crippen molar-refractivity contribution in [2.24, 2.45) is 5.41 Å². The van der Waals surface area contributed by atoms with Gasteiger partial charge in [0.1, 0.15) is 5.01 Å². The molecule has 196 valence electrons. The summed E-state index contributed by atoms with van der Waals surface area (Å²) in [6.45, 7) is 3.49. The summed E-state index contributed by atoms with van der Waals surface area (Å²) < 4.78 is 41.7. The maximum atomic E-state index is 15.8. The van der Waals surface area contributed by atoms with Crippen LogP contribution in [-0.2, 0) is 36.7 Å². The number of morpholine rings is 1. The van der Waals surface area contributed by atoms with E-state index in [-0.39, 0.29) is 47.6 Å². The van der Waals surface area contributed by atoms with E-state index < -0.39 is 59.1 Å². The van der Waals surface area contributed by atoms with E-state index in [1.54, 1.807) is 13.8 Å². The van der Waals surface area contributed by atoms with Crippen LogP contribution < -0.4 is 15.5 Å². The number of aryl methyl sites for hydroxylation is 1. The topological polar surface area (TPSA) is 140 Å².